The SMILES string of the molecule is O=C(O)[C@@H]1CCCN(C(=O)c2cnn3ccc(N4CCCC4c4cc(F)ccc4F)nc23)C1. The zero-order chi connectivity index (χ0) is 23.1. The van der Waals surface area contributed by atoms with Gasteiger partial charge in [0.2, 0.25) is 0 Å². The normalized spacial score (nSPS) is 21.0. The molecule has 1 N–H and O–H groups in total. The van der Waals surface area contributed by atoms with E-state index in [1.807, 2.05) is 4.90 Å². The number of benzene rings is 1. The molecule has 8 nitrogen and oxygen atoms in total. The first-order valence-electron chi connectivity index (χ1n) is 11.0. The molecule has 33 heavy (non-hydrogen) atoms. The minimum Gasteiger partial charge on any atom is -0.481 e. The van der Waals surface area contributed by atoms with E-state index in [0.29, 0.717) is 43.8 Å². The molecule has 2 atom stereocenters. The summed E-state index contributed by atoms with van der Waals surface area (Å²) in [5.41, 5.74) is 0.919. The molecule has 2 aliphatic rings. The van der Waals surface area contributed by atoms with Gasteiger partial charge in [0.05, 0.1) is 18.2 Å². The van der Waals surface area contributed by atoms with Crippen molar-refractivity contribution in [2.75, 3.05) is 24.5 Å². The predicted octanol–water partition coefficient (Wildman–Crippen LogP) is 3.29. The molecule has 2 fully saturated rings. The van der Waals surface area contributed by atoms with E-state index in [9.17, 15) is 23.5 Å². The topological polar surface area (TPSA) is 91.0 Å². The van der Waals surface area contributed by atoms with Crippen molar-refractivity contribution in [3.63, 3.8) is 0 Å². The number of rotatable bonds is 4. The standard InChI is InChI=1S/C23H23F2N5O3/c24-15-5-6-18(25)16(11-15)19-4-2-9-29(19)20-7-10-30-21(27-20)17(12-26-30)22(31)28-8-1-3-14(13-28)23(32)33/h5-7,10-12,14,19H,1-4,8-9,13H2,(H,32,33)/t14-,19?/m1/s1. The Morgan fingerprint density at radius 3 is 2.73 bits per heavy atom. The highest BCUT2D eigenvalue weighted by Crippen LogP contribution is 2.37. The summed E-state index contributed by atoms with van der Waals surface area (Å²) in [7, 11) is 0. The quantitative estimate of drug-likeness (QED) is 0.649. The van der Waals surface area contributed by atoms with Crippen molar-refractivity contribution in [2.45, 2.75) is 31.7 Å². The van der Waals surface area contributed by atoms with E-state index in [1.54, 1.807) is 12.3 Å². The molecular formula is C23H23F2N5O3. The summed E-state index contributed by atoms with van der Waals surface area (Å²) in [5.74, 6) is -2.21. The fourth-order valence-electron chi connectivity index (χ4n) is 4.84. The van der Waals surface area contributed by atoms with Crippen LogP contribution in [0.15, 0.2) is 36.7 Å². The number of hydrogen-bond acceptors (Lipinski definition) is 5. The molecule has 1 amide bonds. The Bertz CT molecular complexity index is 1230. The minimum absolute atomic E-state index is 0.151. The predicted molar refractivity (Wildman–Crippen MR) is 115 cm³/mol. The lowest BCUT2D eigenvalue weighted by molar-refractivity contribution is -0.143. The van der Waals surface area contributed by atoms with Gasteiger partial charge in [-0.3, -0.25) is 9.59 Å². The van der Waals surface area contributed by atoms with Gasteiger partial charge in [-0.15, -0.1) is 0 Å². The summed E-state index contributed by atoms with van der Waals surface area (Å²) in [4.78, 5) is 32.7. The van der Waals surface area contributed by atoms with Gasteiger partial charge in [0.15, 0.2) is 5.65 Å². The van der Waals surface area contributed by atoms with Crippen LogP contribution in [0, 0.1) is 17.6 Å². The third-order valence-electron chi connectivity index (χ3n) is 6.51. The smallest absolute Gasteiger partial charge is 0.308 e. The number of carboxylic acid groups (broad SMARTS) is 1. The molecular weight excluding hydrogens is 432 g/mol. The summed E-state index contributed by atoms with van der Waals surface area (Å²) in [6, 6.07) is 4.83. The number of nitrogens with zero attached hydrogens (tertiary/aromatic N) is 5. The molecule has 0 aliphatic carbocycles. The second-order valence-corrected chi connectivity index (χ2v) is 8.56. The Morgan fingerprint density at radius 2 is 1.91 bits per heavy atom. The Labute approximate surface area is 188 Å². The van der Waals surface area contributed by atoms with Crippen LogP contribution < -0.4 is 4.90 Å². The van der Waals surface area contributed by atoms with E-state index in [1.165, 1.54) is 21.7 Å². The van der Waals surface area contributed by atoms with E-state index in [0.717, 1.165) is 18.6 Å². The Morgan fingerprint density at radius 1 is 1.09 bits per heavy atom. The van der Waals surface area contributed by atoms with E-state index < -0.39 is 23.5 Å². The van der Waals surface area contributed by atoms with Crippen molar-refractivity contribution in [3.8, 4) is 0 Å². The molecule has 4 heterocycles. The number of aliphatic carboxylic acids is 1. The molecule has 0 radical (unpaired) electrons. The second-order valence-electron chi connectivity index (χ2n) is 8.56. The highest BCUT2D eigenvalue weighted by Gasteiger charge is 2.32. The zero-order valence-corrected chi connectivity index (χ0v) is 17.8. The molecule has 10 heteroatoms. The number of carbonyl (C=O) groups is 2. The van der Waals surface area contributed by atoms with Crippen molar-refractivity contribution in [1.82, 2.24) is 19.5 Å². The Kier molecular flexibility index (Phi) is 5.43. The van der Waals surface area contributed by atoms with Crippen LogP contribution in [0.3, 0.4) is 0 Å². The first-order valence-corrected chi connectivity index (χ1v) is 11.0. The molecule has 3 aromatic rings. The van der Waals surface area contributed by atoms with Crippen LogP contribution in [0.1, 0.15) is 47.6 Å². The van der Waals surface area contributed by atoms with Crippen molar-refractivity contribution in [3.05, 3.63) is 59.4 Å². The van der Waals surface area contributed by atoms with Crippen LogP contribution in [-0.2, 0) is 4.79 Å². The maximum Gasteiger partial charge on any atom is 0.308 e. The molecule has 5 rings (SSSR count). The molecule has 1 unspecified atom stereocenters. The number of carbonyl (C=O) groups excluding carboxylic acids is 1. The van der Waals surface area contributed by atoms with Crippen LogP contribution in [0.5, 0.6) is 0 Å². The van der Waals surface area contributed by atoms with E-state index in [-0.39, 0.29) is 29.6 Å². The van der Waals surface area contributed by atoms with Gasteiger partial charge in [0.1, 0.15) is 23.0 Å². The first-order chi connectivity index (χ1) is 15.9. The van der Waals surface area contributed by atoms with Crippen LogP contribution in [-0.4, -0.2) is 56.1 Å². The van der Waals surface area contributed by atoms with E-state index in [2.05, 4.69) is 10.1 Å². The molecule has 2 aromatic heterocycles. The van der Waals surface area contributed by atoms with Crippen molar-refractivity contribution in [2.24, 2.45) is 5.92 Å². The van der Waals surface area contributed by atoms with E-state index in [4.69, 9.17) is 0 Å². The van der Waals surface area contributed by atoms with Gasteiger partial charge in [0, 0.05) is 31.4 Å². The lowest BCUT2D eigenvalue weighted by Gasteiger charge is -2.30. The summed E-state index contributed by atoms with van der Waals surface area (Å²) in [6.07, 6.45) is 5.73. The fourth-order valence-corrected chi connectivity index (χ4v) is 4.84. The van der Waals surface area contributed by atoms with Crippen LogP contribution in [0.25, 0.3) is 5.65 Å². The zero-order valence-electron chi connectivity index (χ0n) is 17.8. The molecule has 172 valence electrons. The highest BCUT2D eigenvalue weighted by molar-refractivity contribution is 6.00. The minimum atomic E-state index is -0.905. The average molecular weight is 455 g/mol. The van der Waals surface area contributed by atoms with Gasteiger partial charge in [0.25, 0.3) is 5.91 Å². The monoisotopic (exact) mass is 455 g/mol. The maximum atomic E-state index is 14.5. The number of aromatic nitrogens is 3. The Balaban J connectivity index is 1.46. The van der Waals surface area contributed by atoms with Crippen LogP contribution in [0.2, 0.25) is 0 Å². The molecule has 1 aromatic carbocycles. The fraction of sp³-hybridized carbons (Fsp3) is 0.391. The lowest BCUT2D eigenvalue weighted by Crippen LogP contribution is -2.42. The molecule has 0 spiro atoms. The summed E-state index contributed by atoms with van der Waals surface area (Å²) in [5, 5.41) is 13.6. The van der Waals surface area contributed by atoms with Gasteiger partial charge < -0.3 is 14.9 Å². The summed E-state index contributed by atoms with van der Waals surface area (Å²) >= 11 is 0. The van der Waals surface area contributed by atoms with Gasteiger partial charge in [-0.25, -0.2) is 18.3 Å². The van der Waals surface area contributed by atoms with Crippen molar-refractivity contribution < 1.29 is 23.5 Å². The number of piperidine rings is 1. The number of amides is 1. The van der Waals surface area contributed by atoms with Gasteiger partial charge >= 0.3 is 5.97 Å². The van der Waals surface area contributed by atoms with Crippen molar-refractivity contribution >= 4 is 23.3 Å². The third-order valence-corrected chi connectivity index (χ3v) is 6.51. The average Bonchev–Trinajstić information content (AvgIpc) is 3.47. The number of likely N-dealkylation sites (tertiary alicyclic amines) is 1. The van der Waals surface area contributed by atoms with Gasteiger partial charge in [-0.05, 0) is 49.9 Å². The number of halogens is 2. The van der Waals surface area contributed by atoms with Crippen LogP contribution in [0.4, 0.5) is 14.6 Å². The first kappa shape index (κ1) is 21.3. The summed E-state index contributed by atoms with van der Waals surface area (Å²) < 4.78 is 29.7. The Hall–Kier alpha value is -3.56. The maximum absolute atomic E-state index is 14.5. The molecule has 0 bridgehead atoms. The highest BCUT2D eigenvalue weighted by atomic mass is 19.1. The van der Waals surface area contributed by atoms with Crippen molar-refractivity contribution in [1.29, 1.82) is 0 Å². The summed E-state index contributed by atoms with van der Waals surface area (Å²) in [6.45, 7) is 1.25. The van der Waals surface area contributed by atoms with Gasteiger partial charge in [-0.1, -0.05) is 0 Å². The third kappa shape index (κ3) is 3.90. The number of fused-ring (bicyclic) bond motifs is 1. The number of carboxylic acids is 1. The van der Waals surface area contributed by atoms with E-state index >= 15 is 0 Å². The largest absolute Gasteiger partial charge is 0.481 e. The second kappa shape index (κ2) is 8.42. The number of anilines is 1. The number of hydrogen-bond donors (Lipinski definition) is 1. The van der Waals surface area contributed by atoms with Crippen LogP contribution >= 0.6 is 0 Å². The molecule has 2 saturated heterocycles. The lowest BCUT2D eigenvalue weighted by atomic mass is 9.98. The molecule has 0 saturated carbocycles. The molecule has 2 aliphatic heterocycles. The van der Waals surface area contributed by atoms with Gasteiger partial charge in [-0.2, -0.15) is 5.10 Å².